The van der Waals surface area contributed by atoms with Gasteiger partial charge in [-0.1, -0.05) is 0 Å². The molecule has 0 aliphatic carbocycles. The number of sulfonamides is 1. The third-order valence-corrected chi connectivity index (χ3v) is 2.97. The summed E-state index contributed by atoms with van der Waals surface area (Å²) >= 11 is 0. The molecule has 0 spiro atoms. The quantitative estimate of drug-likeness (QED) is 0.833. The number of hydrogen-bond donors (Lipinski definition) is 1. The lowest BCUT2D eigenvalue weighted by atomic mass is 10.2. The molecule has 0 aliphatic heterocycles. The summed E-state index contributed by atoms with van der Waals surface area (Å²) in [5, 5.41) is 5.11. The molecular weight excluding hydrogens is 226 g/mol. The summed E-state index contributed by atoms with van der Waals surface area (Å²) < 4.78 is 22.7. The summed E-state index contributed by atoms with van der Waals surface area (Å²) in [5.74, 6) is 0. The Hall–Kier alpha value is -1.79. The molecule has 0 radical (unpaired) electrons. The summed E-state index contributed by atoms with van der Waals surface area (Å²) in [6.45, 7) is 0. The molecule has 2 aromatic rings. The Morgan fingerprint density at radius 2 is 1.75 bits per heavy atom. The van der Waals surface area contributed by atoms with Crippen LogP contribution in [0.4, 0.5) is 0 Å². The molecule has 0 saturated heterocycles. The van der Waals surface area contributed by atoms with Gasteiger partial charge in [0, 0.05) is 24.2 Å². The van der Waals surface area contributed by atoms with Crippen molar-refractivity contribution in [1.29, 1.82) is 0 Å². The highest BCUT2D eigenvalue weighted by atomic mass is 32.2. The van der Waals surface area contributed by atoms with Gasteiger partial charge in [0.05, 0.1) is 5.69 Å². The van der Waals surface area contributed by atoms with Crippen LogP contribution in [0.1, 0.15) is 0 Å². The maximum Gasteiger partial charge on any atom is 0.240 e. The first-order chi connectivity index (χ1) is 7.59. The van der Waals surface area contributed by atoms with E-state index in [1.165, 1.54) is 18.3 Å². The van der Waals surface area contributed by atoms with Gasteiger partial charge in [-0.3, -0.25) is 9.97 Å². The van der Waals surface area contributed by atoms with E-state index in [1.54, 1.807) is 24.5 Å². The summed E-state index contributed by atoms with van der Waals surface area (Å²) in [4.78, 5) is 7.90. The summed E-state index contributed by atoms with van der Waals surface area (Å²) in [6.07, 6.45) is 4.65. The predicted molar refractivity (Wildman–Crippen MR) is 58.8 cm³/mol. The number of hydrogen-bond acceptors (Lipinski definition) is 4. The highest BCUT2D eigenvalue weighted by Crippen LogP contribution is 2.22. The number of pyridine rings is 2. The minimum absolute atomic E-state index is 0.0150. The van der Waals surface area contributed by atoms with Gasteiger partial charge in [0.1, 0.15) is 4.90 Å². The van der Waals surface area contributed by atoms with Crippen molar-refractivity contribution in [2.75, 3.05) is 0 Å². The smallest absolute Gasteiger partial charge is 0.240 e. The predicted octanol–water partition coefficient (Wildman–Crippen LogP) is 0.791. The van der Waals surface area contributed by atoms with E-state index < -0.39 is 10.0 Å². The fourth-order valence-corrected chi connectivity index (χ4v) is 2.06. The van der Waals surface area contributed by atoms with E-state index in [2.05, 4.69) is 9.97 Å². The Morgan fingerprint density at radius 1 is 1.06 bits per heavy atom. The van der Waals surface area contributed by atoms with Crippen molar-refractivity contribution in [3.8, 4) is 11.3 Å². The van der Waals surface area contributed by atoms with E-state index >= 15 is 0 Å². The van der Waals surface area contributed by atoms with Gasteiger partial charge in [-0.25, -0.2) is 13.6 Å². The molecule has 5 nitrogen and oxygen atoms in total. The van der Waals surface area contributed by atoms with Crippen LogP contribution in [0.3, 0.4) is 0 Å². The Morgan fingerprint density at radius 3 is 2.38 bits per heavy atom. The van der Waals surface area contributed by atoms with Crippen molar-refractivity contribution in [3.05, 3.63) is 42.9 Å². The van der Waals surface area contributed by atoms with Crippen LogP contribution in [0.25, 0.3) is 11.3 Å². The molecule has 0 unspecified atom stereocenters. The van der Waals surface area contributed by atoms with Gasteiger partial charge >= 0.3 is 0 Å². The molecule has 16 heavy (non-hydrogen) atoms. The van der Waals surface area contributed by atoms with Crippen LogP contribution in [0.2, 0.25) is 0 Å². The maximum atomic E-state index is 11.3. The van der Waals surface area contributed by atoms with Crippen LogP contribution < -0.4 is 5.14 Å². The second kappa shape index (κ2) is 3.99. The Bertz CT molecular complexity index is 596. The minimum Gasteiger partial charge on any atom is -0.265 e. The summed E-state index contributed by atoms with van der Waals surface area (Å²) in [6, 6.07) is 6.32. The molecule has 0 amide bonds. The van der Waals surface area contributed by atoms with Crippen molar-refractivity contribution < 1.29 is 8.42 Å². The van der Waals surface area contributed by atoms with E-state index in [4.69, 9.17) is 5.14 Å². The van der Waals surface area contributed by atoms with Crippen LogP contribution in [-0.4, -0.2) is 18.4 Å². The van der Waals surface area contributed by atoms with Gasteiger partial charge in [-0.15, -0.1) is 0 Å². The zero-order chi connectivity index (χ0) is 11.6. The van der Waals surface area contributed by atoms with Crippen molar-refractivity contribution in [1.82, 2.24) is 9.97 Å². The van der Waals surface area contributed by atoms with Crippen molar-refractivity contribution in [2.24, 2.45) is 5.14 Å². The van der Waals surface area contributed by atoms with Gasteiger partial charge in [-0.2, -0.15) is 0 Å². The first-order valence-corrected chi connectivity index (χ1v) is 6.02. The number of primary sulfonamides is 1. The lowest BCUT2D eigenvalue weighted by Gasteiger charge is -2.05. The number of aromatic nitrogens is 2. The fourth-order valence-electron chi connectivity index (χ4n) is 1.35. The molecule has 0 atom stereocenters. The third-order valence-electron chi connectivity index (χ3n) is 2.03. The zero-order valence-electron chi connectivity index (χ0n) is 8.24. The van der Waals surface area contributed by atoms with Crippen LogP contribution in [0.5, 0.6) is 0 Å². The molecule has 2 rings (SSSR count). The van der Waals surface area contributed by atoms with Crippen molar-refractivity contribution in [3.63, 3.8) is 0 Å². The summed E-state index contributed by atoms with van der Waals surface area (Å²) in [7, 11) is -3.76. The van der Waals surface area contributed by atoms with Crippen LogP contribution in [0.15, 0.2) is 47.8 Å². The van der Waals surface area contributed by atoms with Gasteiger partial charge in [0.25, 0.3) is 0 Å². The minimum atomic E-state index is -3.76. The molecule has 0 saturated carbocycles. The second-order valence-electron chi connectivity index (χ2n) is 3.13. The average Bonchev–Trinajstić information content (AvgIpc) is 2.29. The third kappa shape index (κ3) is 2.07. The molecular formula is C10H9N3O2S. The van der Waals surface area contributed by atoms with E-state index in [1.807, 2.05) is 0 Å². The van der Waals surface area contributed by atoms with Crippen molar-refractivity contribution >= 4 is 10.0 Å². The Kier molecular flexibility index (Phi) is 2.67. The van der Waals surface area contributed by atoms with Gasteiger partial charge in [0.2, 0.25) is 10.0 Å². The highest BCUT2D eigenvalue weighted by molar-refractivity contribution is 7.89. The molecule has 82 valence electrons. The lowest BCUT2D eigenvalue weighted by molar-refractivity contribution is 0.597. The lowest BCUT2D eigenvalue weighted by Crippen LogP contribution is -2.13. The molecule has 0 aromatic carbocycles. The Labute approximate surface area is 93.0 Å². The normalized spacial score (nSPS) is 11.3. The van der Waals surface area contributed by atoms with E-state index in [0.29, 0.717) is 11.3 Å². The van der Waals surface area contributed by atoms with Crippen LogP contribution >= 0.6 is 0 Å². The summed E-state index contributed by atoms with van der Waals surface area (Å²) in [5.41, 5.74) is 1.01. The van der Waals surface area contributed by atoms with Crippen LogP contribution in [-0.2, 0) is 10.0 Å². The van der Waals surface area contributed by atoms with Gasteiger partial charge in [-0.05, 0) is 24.3 Å². The average molecular weight is 235 g/mol. The van der Waals surface area contributed by atoms with E-state index in [-0.39, 0.29) is 4.90 Å². The SMILES string of the molecule is NS(=O)(=O)c1cccnc1-c1ccncc1. The first kappa shape index (κ1) is 10.7. The molecule has 0 fully saturated rings. The molecule has 2 N–H and O–H groups in total. The van der Waals surface area contributed by atoms with Gasteiger partial charge in [0.15, 0.2) is 0 Å². The largest absolute Gasteiger partial charge is 0.265 e. The molecule has 2 heterocycles. The number of nitrogens with zero attached hydrogens (tertiary/aromatic N) is 2. The van der Waals surface area contributed by atoms with E-state index in [0.717, 1.165) is 0 Å². The number of nitrogens with two attached hydrogens (primary N) is 1. The maximum absolute atomic E-state index is 11.3. The fraction of sp³-hybridized carbons (Fsp3) is 0. The highest BCUT2D eigenvalue weighted by Gasteiger charge is 2.15. The van der Waals surface area contributed by atoms with E-state index in [9.17, 15) is 8.42 Å². The van der Waals surface area contributed by atoms with Gasteiger partial charge < -0.3 is 0 Å². The first-order valence-electron chi connectivity index (χ1n) is 4.47. The molecule has 0 bridgehead atoms. The molecule has 6 heteroatoms. The van der Waals surface area contributed by atoms with Crippen molar-refractivity contribution in [2.45, 2.75) is 4.90 Å². The van der Waals surface area contributed by atoms with Crippen LogP contribution in [0, 0.1) is 0 Å². The second-order valence-corrected chi connectivity index (χ2v) is 4.66. The number of rotatable bonds is 2. The molecule has 2 aromatic heterocycles. The monoisotopic (exact) mass is 235 g/mol. The zero-order valence-corrected chi connectivity index (χ0v) is 9.05. The molecule has 0 aliphatic rings. The Balaban J connectivity index is 2.68. The standard InChI is InChI=1S/C10H9N3O2S/c11-16(14,15)9-2-1-5-13-10(9)8-3-6-12-7-4-8/h1-7H,(H2,11,14,15). The topological polar surface area (TPSA) is 85.9 Å².